The monoisotopic (exact) mass is 166 g/mol. The third-order valence-electron chi connectivity index (χ3n) is 3.08. The Morgan fingerprint density at radius 1 is 1.50 bits per heavy atom. The molecule has 0 saturated heterocycles. The normalized spacial score (nSPS) is 44.8. The minimum absolute atomic E-state index is 0.130. The Morgan fingerprint density at radius 3 is 2.67 bits per heavy atom. The van der Waals surface area contributed by atoms with Crippen molar-refractivity contribution >= 4 is 5.78 Å². The van der Waals surface area contributed by atoms with Crippen LogP contribution in [0.5, 0.6) is 0 Å². The smallest absolute Gasteiger partial charge is 0.159 e. The van der Waals surface area contributed by atoms with Crippen LogP contribution in [0.15, 0.2) is 12.2 Å². The molecule has 0 aromatic carbocycles. The number of fused-ring (bicyclic) bond motifs is 1. The van der Waals surface area contributed by atoms with Crippen molar-refractivity contribution in [2.75, 3.05) is 0 Å². The van der Waals surface area contributed by atoms with Crippen molar-refractivity contribution in [2.45, 2.75) is 20.0 Å². The van der Waals surface area contributed by atoms with Crippen LogP contribution in [-0.4, -0.2) is 17.0 Å². The molecule has 0 radical (unpaired) electrons. The summed E-state index contributed by atoms with van der Waals surface area (Å²) < 4.78 is 0. The Morgan fingerprint density at radius 2 is 2.17 bits per heavy atom. The lowest BCUT2D eigenvalue weighted by Crippen LogP contribution is -2.15. The quantitative estimate of drug-likeness (QED) is 0.631. The summed E-state index contributed by atoms with van der Waals surface area (Å²) in [5.74, 6) is 1.50. The maximum Gasteiger partial charge on any atom is 0.159 e. The van der Waals surface area contributed by atoms with Crippen LogP contribution in [0, 0.1) is 23.7 Å². The van der Waals surface area contributed by atoms with Crippen LogP contribution in [0.4, 0.5) is 0 Å². The molecule has 0 bridgehead atoms. The molecule has 0 unspecified atom stereocenters. The van der Waals surface area contributed by atoms with Gasteiger partial charge in [0, 0.05) is 11.8 Å². The molecule has 66 valence electrons. The Bertz CT molecular complexity index is 242. The maximum atomic E-state index is 11.3. The molecule has 2 heteroatoms. The van der Waals surface area contributed by atoms with Gasteiger partial charge in [0.2, 0.25) is 0 Å². The third-order valence-corrected chi connectivity index (χ3v) is 3.08. The minimum Gasteiger partial charge on any atom is -0.389 e. The molecule has 1 N–H and O–H groups in total. The molecule has 1 saturated carbocycles. The summed E-state index contributed by atoms with van der Waals surface area (Å²) >= 11 is 0. The molecule has 2 rings (SSSR count). The Kier molecular flexibility index (Phi) is 1.62. The lowest BCUT2D eigenvalue weighted by Gasteiger charge is -2.07. The zero-order valence-electron chi connectivity index (χ0n) is 7.40. The molecule has 2 aliphatic carbocycles. The fraction of sp³-hybridized carbons (Fsp3) is 0.700. The molecular formula is C10H14O2. The summed E-state index contributed by atoms with van der Waals surface area (Å²) in [4.78, 5) is 11.3. The zero-order chi connectivity index (χ0) is 8.88. The predicted molar refractivity (Wildman–Crippen MR) is 45.5 cm³/mol. The molecular weight excluding hydrogens is 152 g/mol. The van der Waals surface area contributed by atoms with E-state index in [1.807, 2.05) is 0 Å². The highest BCUT2D eigenvalue weighted by Gasteiger charge is 2.58. The molecule has 12 heavy (non-hydrogen) atoms. The first-order valence-electron chi connectivity index (χ1n) is 4.53. The summed E-state index contributed by atoms with van der Waals surface area (Å²) in [6.45, 7) is 4.23. The van der Waals surface area contributed by atoms with Gasteiger partial charge in [0.25, 0.3) is 0 Å². The summed E-state index contributed by atoms with van der Waals surface area (Å²) in [7, 11) is 0. The topological polar surface area (TPSA) is 37.3 Å². The lowest BCUT2D eigenvalue weighted by atomic mass is 10.0. The average molecular weight is 166 g/mol. The standard InChI is InChI=1S/C10H14O2/c1-5(2)8-9-6(11)3-4-7(12)10(8)9/h3-6,8-11H,1-2H3/t6-,8-,9-,10+/m1/s1. The van der Waals surface area contributed by atoms with Crippen molar-refractivity contribution < 1.29 is 9.90 Å². The van der Waals surface area contributed by atoms with Crippen molar-refractivity contribution in [3.8, 4) is 0 Å². The SMILES string of the molecule is CC(C)[C@H]1[C@@H]2C(=O)C=C[C@@H](O)[C@@H]21. The van der Waals surface area contributed by atoms with E-state index in [0.717, 1.165) is 0 Å². The number of aliphatic hydroxyl groups excluding tert-OH is 1. The van der Waals surface area contributed by atoms with Gasteiger partial charge < -0.3 is 5.11 Å². The first-order valence-corrected chi connectivity index (χ1v) is 4.53. The third kappa shape index (κ3) is 0.944. The number of ketones is 1. The van der Waals surface area contributed by atoms with Gasteiger partial charge in [-0.25, -0.2) is 0 Å². The second-order valence-electron chi connectivity index (χ2n) is 4.18. The summed E-state index contributed by atoms with van der Waals surface area (Å²) in [5, 5.41) is 9.52. The van der Waals surface area contributed by atoms with Crippen LogP contribution >= 0.6 is 0 Å². The van der Waals surface area contributed by atoms with Crippen LogP contribution in [-0.2, 0) is 4.79 Å². The molecule has 2 aliphatic rings. The summed E-state index contributed by atoms with van der Waals surface area (Å²) in [5.41, 5.74) is 0. The molecule has 0 aliphatic heterocycles. The van der Waals surface area contributed by atoms with Crippen molar-refractivity contribution in [3.05, 3.63) is 12.2 Å². The number of carbonyl (C=O) groups excluding carboxylic acids is 1. The van der Waals surface area contributed by atoms with Gasteiger partial charge in [0.1, 0.15) is 0 Å². The van der Waals surface area contributed by atoms with Crippen molar-refractivity contribution in [2.24, 2.45) is 23.7 Å². The van der Waals surface area contributed by atoms with E-state index in [9.17, 15) is 9.90 Å². The largest absolute Gasteiger partial charge is 0.389 e. The van der Waals surface area contributed by atoms with Gasteiger partial charge in [0.15, 0.2) is 5.78 Å². The lowest BCUT2D eigenvalue weighted by molar-refractivity contribution is -0.117. The van der Waals surface area contributed by atoms with Crippen LogP contribution in [0.3, 0.4) is 0 Å². The fourth-order valence-corrected chi connectivity index (χ4v) is 2.47. The van der Waals surface area contributed by atoms with Crippen molar-refractivity contribution in [3.63, 3.8) is 0 Å². The van der Waals surface area contributed by atoms with Gasteiger partial charge in [-0.2, -0.15) is 0 Å². The second-order valence-corrected chi connectivity index (χ2v) is 4.18. The Balaban J connectivity index is 2.17. The van der Waals surface area contributed by atoms with Crippen molar-refractivity contribution in [1.29, 1.82) is 0 Å². The molecule has 1 fully saturated rings. The van der Waals surface area contributed by atoms with Gasteiger partial charge in [-0.3, -0.25) is 4.79 Å². The van der Waals surface area contributed by atoms with Gasteiger partial charge >= 0.3 is 0 Å². The van der Waals surface area contributed by atoms with Gasteiger partial charge in [0.05, 0.1) is 6.10 Å². The molecule has 0 amide bonds. The predicted octanol–water partition coefficient (Wildman–Crippen LogP) is 1.00. The van der Waals surface area contributed by atoms with E-state index >= 15 is 0 Å². The first-order chi connectivity index (χ1) is 5.63. The van der Waals surface area contributed by atoms with E-state index < -0.39 is 0 Å². The summed E-state index contributed by atoms with van der Waals surface area (Å²) in [6, 6.07) is 0. The zero-order valence-corrected chi connectivity index (χ0v) is 7.40. The van der Waals surface area contributed by atoms with Crippen LogP contribution in [0.2, 0.25) is 0 Å². The Labute approximate surface area is 72.3 Å². The molecule has 0 aromatic heterocycles. The van der Waals surface area contributed by atoms with Crippen LogP contribution in [0.1, 0.15) is 13.8 Å². The average Bonchev–Trinajstić information content (AvgIpc) is 2.72. The van der Waals surface area contributed by atoms with Gasteiger partial charge in [-0.1, -0.05) is 19.9 Å². The second kappa shape index (κ2) is 2.43. The fourth-order valence-electron chi connectivity index (χ4n) is 2.47. The number of hydrogen-bond donors (Lipinski definition) is 1. The maximum absolute atomic E-state index is 11.3. The van der Waals surface area contributed by atoms with E-state index in [1.54, 1.807) is 6.08 Å². The number of aliphatic hydroxyl groups is 1. The highest BCUT2D eigenvalue weighted by Crippen LogP contribution is 2.55. The van der Waals surface area contributed by atoms with E-state index in [0.29, 0.717) is 11.8 Å². The van der Waals surface area contributed by atoms with E-state index in [-0.39, 0.29) is 23.7 Å². The van der Waals surface area contributed by atoms with E-state index in [2.05, 4.69) is 13.8 Å². The molecule has 0 heterocycles. The van der Waals surface area contributed by atoms with Crippen molar-refractivity contribution in [1.82, 2.24) is 0 Å². The van der Waals surface area contributed by atoms with Gasteiger partial charge in [-0.05, 0) is 17.9 Å². The molecule has 0 spiro atoms. The molecule has 0 aromatic rings. The Hall–Kier alpha value is -0.630. The molecule has 4 atom stereocenters. The highest BCUT2D eigenvalue weighted by molar-refractivity contribution is 5.95. The minimum atomic E-state index is -0.375. The van der Waals surface area contributed by atoms with Crippen LogP contribution < -0.4 is 0 Å². The number of allylic oxidation sites excluding steroid dienone is 1. The summed E-state index contributed by atoms with van der Waals surface area (Å²) in [6.07, 6.45) is 2.79. The van der Waals surface area contributed by atoms with E-state index in [1.165, 1.54) is 6.08 Å². The number of rotatable bonds is 1. The number of hydrogen-bond acceptors (Lipinski definition) is 2. The van der Waals surface area contributed by atoms with Gasteiger partial charge in [-0.15, -0.1) is 0 Å². The number of carbonyl (C=O) groups is 1. The van der Waals surface area contributed by atoms with E-state index in [4.69, 9.17) is 0 Å². The first kappa shape index (κ1) is 7.99. The molecule has 2 nitrogen and oxygen atoms in total. The van der Waals surface area contributed by atoms with Crippen LogP contribution in [0.25, 0.3) is 0 Å². The highest BCUT2D eigenvalue weighted by atomic mass is 16.3.